The van der Waals surface area contributed by atoms with Gasteiger partial charge in [-0.2, -0.15) is 0 Å². The molecule has 2 heteroatoms. The third kappa shape index (κ3) is 1.99. The summed E-state index contributed by atoms with van der Waals surface area (Å²) in [6.45, 7) is 0. The minimum Gasteiger partial charge on any atom is -0.464 e. The van der Waals surface area contributed by atoms with Gasteiger partial charge in [-0.05, 0) is 23.3 Å². The Labute approximate surface area is 123 Å². The van der Waals surface area contributed by atoms with Gasteiger partial charge in [0.05, 0.1) is 6.26 Å². The van der Waals surface area contributed by atoms with Crippen molar-refractivity contribution >= 4 is 10.8 Å². The second-order valence-corrected chi connectivity index (χ2v) is 5.49. The van der Waals surface area contributed by atoms with E-state index in [9.17, 15) is 5.11 Å². The summed E-state index contributed by atoms with van der Waals surface area (Å²) in [5.41, 5.74) is 1.81. The Morgan fingerprint density at radius 1 is 1.05 bits per heavy atom. The molecule has 1 aliphatic carbocycles. The van der Waals surface area contributed by atoms with E-state index in [-0.39, 0.29) is 5.92 Å². The molecule has 1 aliphatic heterocycles. The molecule has 0 saturated heterocycles. The van der Waals surface area contributed by atoms with Crippen LogP contribution in [0.3, 0.4) is 0 Å². The summed E-state index contributed by atoms with van der Waals surface area (Å²) < 4.78 is 5.79. The predicted molar refractivity (Wildman–Crippen MR) is 84.0 cm³/mol. The van der Waals surface area contributed by atoms with Gasteiger partial charge in [-0.3, -0.25) is 0 Å². The van der Waals surface area contributed by atoms with Crippen molar-refractivity contribution in [2.24, 2.45) is 5.92 Å². The lowest BCUT2D eigenvalue weighted by atomic mass is 9.84. The first kappa shape index (κ1) is 12.4. The number of hydrogen-bond donors (Lipinski definition) is 1. The van der Waals surface area contributed by atoms with Crippen molar-refractivity contribution < 1.29 is 9.84 Å². The fraction of sp³-hybridized carbons (Fsp3) is 0.158. The fourth-order valence-corrected chi connectivity index (χ4v) is 3.14. The molecule has 2 aromatic rings. The second kappa shape index (κ2) is 4.90. The van der Waals surface area contributed by atoms with E-state index in [1.807, 2.05) is 42.5 Å². The first-order chi connectivity index (χ1) is 10.3. The largest absolute Gasteiger partial charge is 0.464 e. The highest BCUT2D eigenvalue weighted by Gasteiger charge is 2.28. The highest BCUT2D eigenvalue weighted by Crippen LogP contribution is 2.43. The molecule has 1 N–H and O–H groups in total. The first-order valence-electron chi connectivity index (χ1n) is 7.24. The quantitative estimate of drug-likeness (QED) is 0.842. The van der Waals surface area contributed by atoms with Gasteiger partial charge >= 0.3 is 0 Å². The van der Waals surface area contributed by atoms with E-state index in [0.29, 0.717) is 0 Å². The topological polar surface area (TPSA) is 29.5 Å². The second-order valence-electron chi connectivity index (χ2n) is 5.49. The van der Waals surface area contributed by atoms with Crippen LogP contribution in [0.5, 0.6) is 5.75 Å². The van der Waals surface area contributed by atoms with Crippen LogP contribution in [0.4, 0.5) is 0 Å². The molecule has 104 valence electrons. The molecule has 2 unspecified atom stereocenters. The maximum Gasteiger partial charge on any atom is 0.133 e. The van der Waals surface area contributed by atoms with Gasteiger partial charge in [0.2, 0.25) is 0 Å². The molecule has 4 rings (SSSR count). The molecule has 2 nitrogen and oxygen atoms in total. The number of benzene rings is 2. The standard InChI is InChI=1S/C19H16O2/c20-19-16(13-6-2-1-3-7-13)12-21-17-11-10-14-8-4-5-9-15(14)18(17)19/h1-6,8-13,19-20H,7H2. The van der Waals surface area contributed by atoms with Crippen LogP contribution in [0.2, 0.25) is 0 Å². The molecule has 0 aromatic heterocycles. The van der Waals surface area contributed by atoms with Crippen molar-refractivity contribution in [3.8, 4) is 5.75 Å². The van der Waals surface area contributed by atoms with E-state index >= 15 is 0 Å². The van der Waals surface area contributed by atoms with Gasteiger partial charge in [-0.25, -0.2) is 0 Å². The maximum atomic E-state index is 10.9. The Bertz CT molecular complexity index is 783. The Balaban J connectivity index is 1.82. The lowest BCUT2D eigenvalue weighted by Crippen LogP contribution is -2.17. The molecule has 2 aromatic carbocycles. The molecule has 2 aliphatic rings. The van der Waals surface area contributed by atoms with Gasteiger partial charge < -0.3 is 9.84 Å². The van der Waals surface area contributed by atoms with Crippen LogP contribution in [0, 0.1) is 5.92 Å². The van der Waals surface area contributed by atoms with Crippen LogP contribution in [-0.2, 0) is 0 Å². The Kier molecular flexibility index (Phi) is 2.90. The lowest BCUT2D eigenvalue weighted by molar-refractivity contribution is 0.189. The van der Waals surface area contributed by atoms with E-state index in [2.05, 4.69) is 18.2 Å². The van der Waals surface area contributed by atoms with Gasteiger partial charge in [-0.15, -0.1) is 0 Å². The van der Waals surface area contributed by atoms with E-state index in [1.165, 1.54) is 0 Å². The summed E-state index contributed by atoms with van der Waals surface area (Å²) in [7, 11) is 0. The van der Waals surface area contributed by atoms with E-state index < -0.39 is 6.10 Å². The zero-order valence-electron chi connectivity index (χ0n) is 11.6. The van der Waals surface area contributed by atoms with Crippen LogP contribution in [0.15, 0.2) is 72.5 Å². The summed E-state index contributed by atoms with van der Waals surface area (Å²) in [4.78, 5) is 0. The molecule has 0 saturated carbocycles. The molecule has 0 amide bonds. The van der Waals surface area contributed by atoms with Crippen LogP contribution in [0.1, 0.15) is 18.1 Å². The van der Waals surface area contributed by atoms with Gasteiger partial charge in [0, 0.05) is 17.1 Å². The zero-order chi connectivity index (χ0) is 14.2. The van der Waals surface area contributed by atoms with E-state index in [4.69, 9.17) is 4.74 Å². The van der Waals surface area contributed by atoms with Gasteiger partial charge in [-0.1, -0.05) is 54.6 Å². The Morgan fingerprint density at radius 3 is 2.81 bits per heavy atom. The molecule has 0 bridgehead atoms. The highest BCUT2D eigenvalue weighted by molar-refractivity contribution is 5.88. The van der Waals surface area contributed by atoms with Crippen molar-refractivity contribution in [1.29, 1.82) is 0 Å². The van der Waals surface area contributed by atoms with E-state index in [0.717, 1.165) is 34.1 Å². The maximum absolute atomic E-state index is 10.9. The summed E-state index contributed by atoms with van der Waals surface area (Å²) in [5.74, 6) is 0.956. The average Bonchev–Trinajstić information content (AvgIpc) is 2.55. The first-order valence-corrected chi connectivity index (χ1v) is 7.24. The van der Waals surface area contributed by atoms with Crippen molar-refractivity contribution in [2.45, 2.75) is 12.5 Å². The minimum atomic E-state index is -0.610. The Morgan fingerprint density at radius 2 is 1.95 bits per heavy atom. The fourth-order valence-electron chi connectivity index (χ4n) is 3.14. The Hall–Kier alpha value is -2.32. The zero-order valence-corrected chi connectivity index (χ0v) is 11.6. The average molecular weight is 276 g/mol. The van der Waals surface area contributed by atoms with Crippen LogP contribution < -0.4 is 4.74 Å². The molecular formula is C19H16O2. The number of hydrogen-bond acceptors (Lipinski definition) is 2. The smallest absolute Gasteiger partial charge is 0.133 e. The van der Waals surface area contributed by atoms with Crippen molar-refractivity contribution in [3.63, 3.8) is 0 Å². The number of fused-ring (bicyclic) bond motifs is 3. The number of aliphatic hydroxyl groups excluding tert-OH is 1. The monoisotopic (exact) mass is 276 g/mol. The van der Waals surface area contributed by atoms with Gasteiger partial charge in [0.25, 0.3) is 0 Å². The number of rotatable bonds is 1. The summed E-state index contributed by atoms with van der Waals surface area (Å²) in [6.07, 6.45) is 10.3. The lowest BCUT2D eigenvalue weighted by Gasteiger charge is -2.28. The normalized spacial score (nSPS) is 23.6. The van der Waals surface area contributed by atoms with Gasteiger partial charge in [0.15, 0.2) is 0 Å². The molecular weight excluding hydrogens is 260 g/mol. The highest BCUT2D eigenvalue weighted by atomic mass is 16.5. The minimum absolute atomic E-state index is 0.206. The number of aliphatic hydroxyl groups is 1. The summed E-state index contributed by atoms with van der Waals surface area (Å²) in [6, 6.07) is 12.1. The molecule has 0 radical (unpaired) electrons. The molecule has 2 atom stereocenters. The van der Waals surface area contributed by atoms with Crippen molar-refractivity contribution in [1.82, 2.24) is 0 Å². The van der Waals surface area contributed by atoms with Crippen molar-refractivity contribution in [2.75, 3.05) is 0 Å². The molecule has 0 fully saturated rings. The molecule has 0 spiro atoms. The predicted octanol–water partition coefficient (Wildman–Crippen LogP) is 4.28. The summed E-state index contributed by atoms with van der Waals surface area (Å²) >= 11 is 0. The van der Waals surface area contributed by atoms with Crippen LogP contribution >= 0.6 is 0 Å². The third-order valence-corrected chi connectivity index (χ3v) is 4.25. The van der Waals surface area contributed by atoms with Gasteiger partial charge in [0.1, 0.15) is 11.9 Å². The number of ether oxygens (including phenoxy) is 1. The molecule has 21 heavy (non-hydrogen) atoms. The SMILES string of the molecule is OC1C(C2C=CC=CC2)=COc2ccc3ccccc3c21. The summed E-state index contributed by atoms with van der Waals surface area (Å²) in [5, 5.41) is 13.0. The molecule has 1 heterocycles. The van der Waals surface area contributed by atoms with E-state index in [1.54, 1.807) is 6.26 Å². The third-order valence-electron chi connectivity index (χ3n) is 4.25. The van der Waals surface area contributed by atoms with Crippen molar-refractivity contribution in [3.05, 3.63) is 78.1 Å². The van der Waals surface area contributed by atoms with Crippen LogP contribution in [-0.4, -0.2) is 5.11 Å². The number of allylic oxidation sites excluding steroid dienone is 4. The van der Waals surface area contributed by atoms with Crippen LogP contribution in [0.25, 0.3) is 10.8 Å².